The average molecular weight is 311 g/mol. The second kappa shape index (κ2) is 4.80. The van der Waals surface area contributed by atoms with Crippen molar-refractivity contribution in [3.8, 4) is 0 Å². The van der Waals surface area contributed by atoms with Gasteiger partial charge < -0.3 is 0 Å². The second-order valence-electron chi connectivity index (χ2n) is 7.25. The van der Waals surface area contributed by atoms with Crippen molar-refractivity contribution in [2.45, 2.75) is 52.5 Å². The van der Waals surface area contributed by atoms with Crippen LogP contribution in [0.15, 0.2) is 16.9 Å². The first kappa shape index (κ1) is 16.0. The maximum atomic E-state index is 14.3. The summed E-state index contributed by atoms with van der Waals surface area (Å²) in [5.41, 5.74) is -0.892. The van der Waals surface area contributed by atoms with E-state index in [0.717, 1.165) is 0 Å². The highest BCUT2D eigenvalue weighted by Crippen LogP contribution is 2.28. The van der Waals surface area contributed by atoms with Crippen LogP contribution < -0.4 is 5.56 Å². The first-order chi connectivity index (χ1) is 9.44. The molecule has 0 unspecified atom stereocenters. The fourth-order valence-electron chi connectivity index (χ4n) is 2.33. The molecular formula is C16H20ClFN2O. The molecule has 0 amide bonds. The molecule has 21 heavy (non-hydrogen) atoms. The van der Waals surface area contributed by atoms with Gasteiger partial charge in [-0.05, 0) is 32.9 Å². The molecule has 0 spiro atoms. The maximum absolute atomic E-state index is 14.3. The molecule has 0 aliphatic heterocycles. The lowest BCUT2D eigenvalue weighted by Crippen LogP contribution is -2.41. The van der Waals surface area contributed by atoms with Crippen LogP contribution >= 0.6 is 11.6 Å². The molecule has 0 aliphatic rings. The molecule has 3 nitrogen and oxygen atoms in total. The van der Waals surface area contributed by atoms with Crippen LogP contribution in [0.3, 0.4) is 0 Å². The lowest BCUT2D eigenvalue weighted by Gasteiger charge is -2.31. The van der Waals surface area contributed by atoms with Crippen molar-refractivity contribution in [3.05, 3.63) is 39.2 Å². The summed E-state index contributed by atoms with van der Waals surface area (Å²) in [6.07, 6.45) is 0. The number of rotatable bonds is 0. The molecular weight excluding hydrogens is 291 g/mol. The van der Waals surface area contributed by atoms with E-state index in [1.165, 1.54) is 6.07 Å². The SMILES string of the molecule is CC(C)(C)c1nc2ccc(Cl)c(F)c2c(=O)n1C(C)(C)C. The molecule has 2 rings (SSSR count). The fourth-order valence-corrected chi connectivity index (χ4v) is 2.49. The Labute approximate surface area is 128 Å². The fraction of sp³-hybridized carbons (Fsp3) is 0.500. The van der Waals surface area contributed by atoms with Crippen molar-refractivity contribution in [1.82, 2.24) is 9.55 Å². The highest BCUT2D eigenvalue weighted by molar-refractivity contribution is 6.31. The Kier molecular flexibility index (Phi) is 3.65. The molecule has 0 saturated carbocycles. The molecule has 1 heterocycles. The van der Waals surface area contributed by atoms with E-state index in [2.05, 4.69) is 4.98 Å². The van der Waals surface area contributed by atoms with Crippen LogP contribution in [0.4, 0.5) is 4.39 Å². The quantitative estimate of drug-likeness (QED) is 0.729. The van der Waals surface area contributed by atoms with E-state index >= 15 is 0 Å². The summed E-state index contributed by atoms with van der Waals surface area (Å²) in [4.78, 5) is 17.4. The third kappa shape index (κ3) is 2.69. The lowest BCUT2D eigenvalue weighted by atomic mass is 9.93. The predicted molar refractivity (Wildman–Crippen MR) is 84.7 cm³/mol. The van der Waals surface area contributed by atoms with E-state index in [4.69, 9.17) is 11.6 Å². The van der Waals surface area contributed by atoms with Gasteiger partial charge in [0.2, 0.25) is 0 Å². The Hall–Kier alpha value is -1.42. The monoisotopic (exact) mass is 310 g/mol. The first-order valence-corrected chi connectivity index (χ1v) is 7.24. The van der Waals surface area contributed by atoms with Gasteiger partial charge in [-0.1, -0.05) is 32.4 Å². The summed E-state index contributed by atoms with van der Waals surface area (Å²) in [5.74, 6) is -0.0700. The normalized spacial score (nSPS) is 13.0. The molecule has 0 saturated heterocycles. The van der Waals surface area contributed by atoms with Gasteiger partial charge in [0.1, 0.15) is 11.2 Å². The number of hydrogen-bond donors (Lipinski definition) is 0. The number of aromatic nitrogens is 2. The molecule has 0 radical (unpaired) electrons. The van der Waals surface area contributed by atoms with E-state index in [9.17, 15) is 9.18 Å². The third-order valence-corrected chi connectivity index (χ3v) is 3.56. The van der Waals surface area contributed by atoms with Gasteiger partial charge in [0.05, 0.1) is 10.5 Å². The van der Waals surface area contributed by atoms with Crippen LogP contribution in [0.1, 0.15) is 47.4 Å². The molecule has 114 valence electrons. The third-order valence-electron chi connectivity index (χ3n) is 3.27. The molecule has 0 fully saturated rings. The van der Waals surface area contributed by atoms with Gasteiger partial charge in [-0.25, -0.2) is 9.37 Å². The van der Waals surface area contributed by atoms with Gasteiger partial charge in [-0.3, -0.25) is 9.36 Å². The maximum Gasteiger partial charge on any atom is 0.264 e. The molecule has 5 heteroatoms. The molecule has 0 bridgehead atoms. The topological polar surface area (TPSA) is 34.9 Å². The number of halogens is 2. The van der Waals surface area contributed by atoms with Gasteiger partial charge >= 0.3 is 0 Å². The zero-order valence-electron chi connectivity index (χ0n) is 13.2. The van der Waals surface area contributed by atoms with Crippen molar-refractivity contribution in [1.29, 1.82) is 0 Å². The van der Waals surface area contributed by atoms with Crippen molar-refractivity contribution in [2.75, 3.05) is 0 Å². The largest absolute Gasteiger partial charge is 0.290 e. The molecule has 1 aromatic heterocycles. The Morgan fingerprint density at radius 1 is 1.14 bits per heavy atom. The van der Waals surface area contributed by atoms with E-state index < -0.39 is 16.9 Å². The minimum Gasteiger partial charge on any atom is -0.290 e. The van der Waals surface area contributed by atoms with Crippen LogP contribution in [0.25, 0.3) is 10.9 Å². The molecule has 0 atom stereocenters. The Morgan fingerprint density at radius 2 is 1.71 bits per heavy atom. The van der Waals surface area contributed by atoms with Crippen molar-refractivity contribution in [2.24, 2.45) is 0 Å². The average Bonchev–Trinajstić information content (AvgIpc) is 2.30. The summed E-state index contributed by atoms with van der Waals surface area (Å²) in [6.45, 7) is 11.7. The summed E-state index contributed by atoms with van der Waals surface area (Å²) in [5, 5.41) is -0.115. The van der Waals surface area contributed by atoms with Crippen molar-refractivity contribution in [3.63, 3.8) is 0 Å². The van der Waals surface area contributed by atoms with Crippen LogP contribution in [0.2, 0.25) is 5.02 Å². The lowest BCUT2D eigenvalue weighted by molar-refractivity contribution is 0.337. The minimum atomic E-state index is -0.704. The number of benzene rings is 1. The smallest absolute Gasteiger partial charge is 0.264 e. The zero-order chi connectivity index (χ0) is 16.2. The van der Waals surface area contributed by atoms with Gasteiger partial charge in [-0.15, -0.1) is 0 Å². The molecule has 2 aromatic rings. The zero-order valence-corrected chi connectivity index (χ0v) is 14.0. The minimum absolute atomic E-state index is 0.0505. The first-order valence-electron chi connectivity index (χ1n) is 6.86. The Bertz CT molecular complexity index is 767. The Morgan fingerprint density at radius 3 is 2.19 bits per heavy atom. The van der Waals surface area contributed by atoms with Crippen LogP contribution in [0, 0.1) is 5.82 Å². The summed E-state index contributed by atoms with van der Waals surface area (Å²) in [7, 11) is 0. The summed E-state index contributed by atoms with van der Waals surface area (Å²) >= 11 is 5.81. The van der Waals surface area contributed by atoms with Gasteiger partial charge in [0, 0.05) is 11.0 Å². The van der Waals surface area contributed by atoms with Crippen molar-refractivity contribution >= 4 is 22.5 Å². The summed E-state index contributed by atoms with van der Waals surface area (Å²) in [6, 6.07) is 3.02. The van der Waals surface area contributed by atoms with E-state index in [-0.39, 0.29) is 15.8 Å². The molecule has 1 aromatic carbocycles. The number of nitrogens with zero attached hydrogens (tertiary/aromatic N) is 2. The Balaban J connectivity index is 3.07. The van der Waals surface area contributed by atoms with E-state index in [1.54, 1.807) is 10.6 Å². The molecule has 0 N–H and O–H groups in total. The highest BCUT2D eigenvalue weighted by atomic mass is 35.5. The highest BCUT2D eigenvalue weighted by Gasteiger charge is 2.29. The van der Waals surface area contributed by atoms with Gasteiger partial charge in [0.25, 0.3) is 5.56 Å². The van der Waals surface area contributed by atoms with Crippen LogP contribution in [0.5, 0.6) is 0 Å². The standard InChI is InChI=1S/C16H20ClFN2O/c1-15(2,3)14-19-10-8-7-9(17)12(18)11(10)13(21)20(14)16(4,5)6/h7-8H,1-6H3. The van der Waals surface area contributed by atoms with E-state index in [0.29, 0.717) is 11.3 Å². The molecule has 0 aliphatic carbocycles. The van der Waals surface area contributed by atoms with Gasteiger partial charge in [-0.2, -0.15) is 0 Å². The van der Waals surface area contributed by atoms with Crippen molar-refractivity contribution < 1.29 is 4.39 Å². The predicted octanol–water partition coefficient (Wildman–Crippen LogP) is 4.24. The van der Waals surface area contributed by atoms with Crippen LogP contribution in [-0.2, 0) is 11.0 Å². The van der Waals surface area contributed by atoms with E-state index in [1.807, 2.05) is 41.5 Å². The van der Waals surface area contributed by atoms with Crippen LogP contribution in [-0.4, -0.2) is 9.55 Å². The number of fused-ring (bicyclic) bond motifs is 1. The van der Waals surface area contributed by atoms with Gasteiger partial charge in [0.15, 0.2) is 5.82 Å². The second-order valence-corrected chi connectivity index (χ2v) is 7.66. The summed E-state index contributed by atoms with van der Waals surface area (Å²) < 4.78 is 15.8. The number of hydrogen-bond acceptors (Lipinski definition) is 2.